The Balaban J connectivity index is 2.31. The molecule has 3 aromatic rings. The summed E-state index contributed by atoms with van der Waals surface area (Å²) in [7, 11) is 1.81. The molecule has 1 aromatic heterocycles. The highest BCUT2D eigenvalue weighted by atomic mass is 127. The van der Waals surface area contributed by atoms with E-state index in [1.54, 1.807) is 16.7 Å². The summed E-state index contributed by atoms with van der Waals surface area (Å²) in [6.45, 7) is 0. The molecule has 96 valence electrons. The number of phenolic OH excluding ortho intramolecular Hbond substituents is 1. The van der Waals surface area contributed by atoms with E-state index in [2.05, 4.69) is 27.6 Å². The number of halogens is 2. The van der Waals surface area contributed by atoms with Crippen LogP contribution in [0.3, 0.4) is 0 Å². The van der Waals surface area contributed by atoms with E-state index in [-0.39, 0.29) is 11.6 Å². The van der Waals surface area contributed by atoms with Crippen molar-refractivity contribution in [3.8, 4) is 17.1 Å². The van der Waals surface area contributed by atoms with Crippen LogP contribution in [0.25, 0.3) is 22.4 Å². The van der Waals surface area contributed by atoms with E-state index in [1.807, 2.05) is 19.2 Å². The van der Waals surface area contributed by atoms with Gasteiger partial charge in [0.15, 0.2) is 0 Å². The van der Waals surface area contributed by atoms with Crippen molar-refractivity contribution in [3.63, 3.8) is 0 Å². The van der Waals surface area contributed by atoms with Gasteiger partial charge in [-0.3, -0.25) is 0 Å². The average Bonchev–Trinajstić information content (AvgIpc) is 2.70. The Morgan fingerprint density at radius 3 is 2.79 bits per heavy atom. The zero-order valence-electron chi connectivity index (χ0n) is 10.1. The molecule has 5 heteroatoms. The Morgan fingerprint density at radius 1 is 1.21 bits per heavy atom. The van der Waals surface area contributed by atoms with Gasteiger partial charge in [-0.15, -0.1) is 0 Å². The van der Waals surface area contributed by atoms with Gasteiger partial charge in [0.25, 0.3) is 0 Å². The van der Waals surface area contributed by atoms with Gasteiger partial charge < -0.3 is 9.67 Å². The van der Waals surface area contributed by atoms with Gasteiger partial charge in [-0.2, -0.15) is 0 Å². The number of hydrogen-bond donors (Lipinski definition) is 1. The molecule has 1 N–H and O–H groups in total. The molecule has 0 fully saturated rings. The van der Waals surface area contributed by atoms with E-state index in [0.717, 1.165) is 3.57 Å². The molecule has 1 heterocycles. The van der Waals surface area contributed by atoms with Crippen molar-refractivity contribution in [2.24, 2.45) is 7.05 Å². The molecule has 0 saturated carbocycles. The highest BCUT2D eigenvalue weighted by Gasteiger charge is 2.14. The number of nitrogens with zero attached hydrogens (tertiary/aromatic N) is 2. The third-order valence-electron chi connectivity index (χ3n) is 3.04. The summed E-state index contributed by atoms with van der Waals surface area (Å²) in [5.41, 5.74) is 2.05. The molecule has 0 atom stereocenters. The molecule has 0 aliphatic rings. The summed E-state index contributed by atoms with van der Waals surface area (Å²) >= 11 is 2.18. The minimum absolute atomic E-state index is 0.166. The number of aromatic hydroxyl groups is 1. The van der Waals surface area contributed by atoms with Crippen LogP contribution in [0.1, 0.15) is 0 Å². The van der Waals surface area contributed by atoms with Gasteiger partial charge in [-0.05, 0) is 59.0 Å². The standard InChI is InChI=1S/C14H10FIN2O/c1-18-12-6-8(15)2-4-11(12)17-14(18)10-7-9(16)3-5-13(10)19/h2-7,19H,1H3. The Kier molecular flexibility index (Phi) is 2.93. The van der Waals surface area contributed by atoms with Crippen LogP contribution in [-0.4, -0.2) is 14.7 Å². The normalized spacial score (nSPS) is 11.1. The van der Waals surface area contributed by atoms with Crippen LogP contribution in [0.4, 0.5) is 4.39 Å². The van der Waals surface area contributed by atoms with Gasteiger partial charge in [0.1, 0.15) is 17.4 Å². The molecule has 0 spiro atoms. The SMILES string of the molecule is Cn1c(-c2cc(I)ccc2O)nc2ccc(F)cc21. The lowest BCUT2D eigenvalue weighted by atomic mass is 10.2. The molecule has 0 aliphatic heterocycles. The van der Waals surface area contributed by atoms with Crippen molar-refractivity contribution in [1.29, 1.82) is 0 Å². The topological polar surface area (TPSA) is 38.0 Å². The number of aromatic nitrogens is 2. The van der Waals surface area contributed by atoms with Crippen LogP contribution in [0.2, 0.25) is 0 Å². The van der Waals surface area contributed by atoms with E-state index < -0.39 is 0 Å². The lowest BCUT2D eigenvalue weighted by Crippen LogP contribution is -1.93. The summed E-state index contributed by atoms with van der Waals surface area (Å²) in [6.07, 6.45) is 0. The van der Waals surface area contributed by atoms with E-state index in [0.29, 0.717) is 22.4 Å². The minimum atomic E-state index is -0.297. The summed E-state index contributed by atoms with van der Waals surface area (Å²) in [5, 5.41) is 9.96. The first-order chi connectivity index (χ1) is 9.06. The van der Waals surface area contributed by atoms with Crippen molar-refractivity contribution in [2.75, 3.05) is 0 Å². The van der Waals surface area contributed by atoms with Gasteiger partial charge in [-0.1, -0.05) is 0 Å². The molecule has 2 aromatic carbocycles. The van der Waals surface area contributed by atoms with Crippen molar-refractivity contribution >= 4 is 33.6 Å². The van der Waals surface area contributed by atoms with Crippen LogP contribution in [0.15, 0.2) is 36.4 Å². The molecule has 0 radical (unpaired) electrons. The van der Waals surface area contributed by atoms with Crippen molar-refractivity contribution < 1.29 is 9.50 Å². The third kappa shape index (κ3) is 2.07. The molecular formula is C14H10FIN2O. The second-order valence-corrected chi connectivity index (χ2v) is 5.53. The Labute approximate surface area is 122 Å². The van der Waals surface area contributed by atoms with Crippen LogP contribution >= 0.6 is 22.6 Å². The van der Waals surface area contributed by atoms with Gasteiger partial charge in [-0.25, -0.2) is 9.37 Å². The molecule has 0 aliphatic carbocycles. The predicted octanol–water partition coefficient (Wildman–Crippen LogP) is 3.69. The maximum atomic E-state index is 13.3. The zero-order chi connectivity index (χ0) is 13.6. The summed E-state index contributed by atoms with van der Waals surface area (Å²) in [6, 6.07) is 9.77. The fourth-order valence-electron chi connectivity index (χ4n) is 2.09. The molecule has 19 heavy (non-hydrogen) atoms. The van der Waals surface area contributed by atoms with Crippen LogP contribution in [0, 0.1) is 9.39 Å². The minimum Gasteiger partial charge on any atom is -0.507 e. The maximum absolute atomic E-state index is 13.3. The van der Waals surface area contributed by atoms with E-state index in [4.69, 9.17) is 0 Å². The van der Waals surface area contributed by atoms with Crippen LogP contribution in [0.5, 0.6) is 5.75 Å². The first-order valence-corrected chi connectivity index (χ1v) is 6.75. The second-order valence-electron chi connectivity index (χ2n) is 4.29. The van der Waals surface area contributed by atoms with Gasteiger partial charge in [0.2, 0.25) is 0 Å². The number of hydrogen-bond acceptors (Lipinski definition) is 2. The zero-order valence-corrected chi connectivity index (χ0v) is 12.2. The number of phenols is 1. The molecule has 3 nitrogen and oxygen atoms in total. The van der Waals surface area contributed by atoms with Gasteiger partial charge in [0.05, 0.1) is 16.6 Å². The van der Waals surface area contributed by atoms with Crippen LogP contribution in [-0.2, 0) is 7.05 Å². The van der Waals surface area contributed by atoms with Crippen molar-refractivity contribution in [2.45, 2.75) is 0 Å². The lowest BCUT2D eigenvalue weighted by molar-refractivity contribution is 0.476. The number of benzene rings is 2. The largest absolute Gasteiger partial charge is 0.507 e. The van der Waals surface area contributed by atoms with Gasteiger partial charge >= 0.3 is 0 Å². The van der Waals surface area contributed by atoms with E-state index in [9.17, 15) is 9.50 Å². The molecule has 3 rings (SSSR count). The Hall–Kier alpha value is -1.63. The Morgan fingerprint density at radius 2 is 2.00 bits per heavy atom. The summed E-state index contributed by atoms with van der Waals surface area (Å²) < 4.78 is 16.1. The quantitative estimate of drug-likeness (QED) is 0.666. The van der Waals surface area contributed by atoms with Crippen molar-refractivity contribution in [3.05, 3.63) is 45.8 Å². The van der Waals surface area contributed by atoms with Crippen molar-refractivity contribution in [1.82, 2.24) is 9.55 Å². The number of rotatable bonds is 1. The fraction of sp³-hybridized carbons (Fsp3) is 0.0714. The number of aryl methyl sites for hydroxylation is 1. The number of fused-ring (bicyclic) bond motifs is 1. The smallest absolute Gasteiger partial charge is 0.144 e. The first-order valence-electron chi connectivity index (χ1n) is 5.67. The fourth-order valence-corrected chi connectivity index (χ4v) is 2.58. The van der Waals surface area contributed by atoms with Gasteiger partial charge in [0, 0.05) is 10.6 Å². The summed E-state index contributed by atoms with van der Waals surface area (Å²) in [4.78, 5) is 4.46. The summed E-state index contributed by atoms with van der Waals surface area (Å²) in [5.74, 6) is 0.491. The first kappa shape index (κ1) is 12.4. The Bertz CT molecular complexity index is 782. The second kappa shape index (κ2) is 4.48. The highest BCUT2D eigenvalue weighted by molar-refractivity contribution is 14.1. The lowest BCUT2D eigenvalue weighted by Gasteiger charge is -2.05. The maximum Gasteiger partial charge on any atom is 0.144 e. The predicted molar refractivity (Wildman–Crippen MR) is 80.5 cm³/mol. The molecular weight excluding hydrogens is 358 g/mol. The monoisotopic (exact) mass is 368 g/mol. The highest BCUT2D eigenvalue weighted by Crippen LogP contribution is 2.31. The molecule has 0 saturated heterocycles. The van der Waals surface area contributed by atoms with E-state index in [1.165, 1.54) is 12.1 Å². The van der Waals surface area contributed by atoms with E-state index >= 15 is 0 Å². The number of imidazole rings is 1. The molecule has 0 unspecified atom stereocenters. The molecule has 0 bridgehead atoms. The molecule has 0 amide bonds. The third-order valence-corrected chi connectivity index (χ3v) is 3.71. The van der Waals surface area contributed by atoms with Crippen LogP contribution < -0.4 is 0 Å². The average molecular weight is 368 g/mol.